The van der Waals surface area contributed by atoms with Gasteiger partial charge in [-0.05, 0) is 12.8 Å². The van der Waals surface area contributed by atoms with E-state index in [4.69, 9.17) is 15.3 Å². The standard InChI is InChI=1S/C6H14O3/c1-2-5(7)3-4-6(8)9/h5-9H,2-4H2,1H3. The molecule has 3 nitrogen and oxygen atoms in total. The van der Waals surface area contributed by atoms with Crippen LogP contribution in [0.15, 0.2) is 0 Å². The predicted molar refractivity (Wildman–Crippen MR) is 33.8 cm³/mol. The maximum Gasteiger partial charge on any atom is 0.151 e. The van der Waals surface area contributed by atoms with E-state index in [9.17, 15) is 0 Å². The Kier molecular flexibility index (Phi) is 4.67. The third-order valence-corrected chi connectivity index (χ3v) is 1.23. The van der Waals surface area contributed by atoms with Crippen molar-refractivity contribution in [3.63, 3.8) is 0 Å². The average molecular weight is 134 g/mol. The van der Waals surface area contributed by atoms with Crippen molar-refractivity contribution in [2.45, 2.75) is 38.6 Å². The molecule has 0 bridgehead atoms. The van der Waals surface area contributed by atoms with E-state index in [0.717, 1.165) is 0 Å². The zero-order valence-corrected chi connectivity index (χ0v) is 5.62. The van der Waals surface area contributed by atoms with Gasteiger partial charge in [-0.25, -0.2) is 0 Å². The Morgan fingerprint density at radius 3 is 2.00 bits per heavy atom. The van der Waals surface area contributed by atoms with Crippen LogP contribution in [0.5, 0.6) is 0 Å². The number of hydrogen-bond acceptors (Lipinski definition) is 3. The summed E-state index contributed by atoms with van der Waals surface area (Å²) in [6.45, 7) is 1.86. The van der Waals surface area contributed by atoms with E-state index in [1.807, 2.05) is 6.92 Å². The van der Waals surface area contributed by atoms with E-state index >= 15 is 0 Å². The molecular weight excluding hydrogens is 120 g/mol. The summed E-state index contributed by atoms with van der Waals surface area (Å²) in [5.41, 5.74) is 0. The molecule has 3 heteroatoms. The fraction of sp³-hybridized carbons (Fsp3) is 1.00. The first-order valence-corrected chi connectivity index (χ1v) is 3.21. The average Bonchev–Trinajstić information content (AvgIpc) is 1.83. The SMILES string of the molecule is CCC(O)CCC(O)O. The van der Waals surface area contributed by atoms with E-state index in [2.05, 4.69) is 0 Å². The van der Waals surface area contributed by atoms with Crippen LogP contribution in [0, 0.1) is 0 Å². The summed E-state index contributed by atoms with van der Waals surface area (Å²) >= 11 is 0. The van der Waals surface area contributed by atoms with Crippen molar-refractivity contribution < 1.29 is 15.3 Å². The monoisotopic (exact) mass is 134 g/mol. The van der Waals surface area contributed by atoms with Gasteiger partial charge in [0.1, 0.15) is 0 Å². The van der Waals surface area contributed by atoms with Gasteiger partial charge in [0.2, 0.25) is 0 Å². The lowest BCUT2D eigenvalue weighted by Crippen LogP contribution is -2.11. The summed E-state index contributed by atoms with van der Waals surface area (Å²) in [5.74, 6) is 0. The minimum absolute atomic E-state index is 0.259. The van der Waals surface area contributed by atoms with Crippen molar-refractivity contribution in [1.82, 2.24) is 0 Å². The van der Waals surface area contributed by atoms with E-state index in [-0.39, 0.29) is 12.5 Å². The van der Waals surface area contributed by atoms with E-state index in [0.29, 0.717) is 12.8 Å². The van der Waals surface area contributed by atoms with Crippen LogP contribution in [0.1, 0.15) is 26.2 Å². The second-order valence-corrected chi connectivity index (χ2v) is 2.12. The highest BCUT2D eigenvalue weighted by molar-refractivity contribution is 4.52. The highest BCUT2D eigenvalue weighted by atomic mass is 16.5. The minimum atomic E-state index is -1.27. The molecule has 0 radical (unpaired) electrons. The molecule has 56 valence electrons. The molecule has 0 aliphatic carbocycles. The highest BCUT2D eigenvalue weighted by Gasteiger charge is 2.03. The summed E-state index contributed by atoms with van der Waals surface area (Å²) in [5, 5.41) is 25.6. The normalized spacial score (nSPS) is 14.3. The third kappa shape index (κ3) is 5.76. The quantitative estimate of drug-likeness (QED) is 0.468. The lowest BCUT2D eigenvalue weighted by molar-refractivity contribution is -0.0531. The van der Waals surface area contributed by atoms with Gasteiger partial charge < -0.3 is 15.3 Å². The van der Waals surface area contributed by atoms with Gasteiger partial charge >= 0.3 is 0 Å². The number of rotatable bonds is 4. The molecule has 0 aliphatic heterocycles. The maximum atomic E-state index is 8.88. The van der Waals surface area contributed by atoms with Crippen LogP contribution in [-0.4, -0.2) is 27.7 Å². The highest BCUT2D eigenvalue weighted by Crippen LogP contribution is 2.01. The molecule has 0 fully saturated rings. The first-order chi connectivity index (χ1) is 4.16. The van der Waals surface area contributed by atoms with Crippen LogP contribution in [0.2, 0.25) is 0 Å². The Hall–Kier alpha value is -0.120. The summed E-state index contributed by atoms with van der Waals surface area (Å²) in [6.07, 6.45) is -0.256. The van der Waals surface area contributed by atoms with Crippen molar-refractivity contribution in [3.05, 3.63) is 0 Å². The Labute approximate surface area is 54.9 Å². The molecule has 0 rings (SSSR count). The Morgan fingerprint density at radius 2 is 1.67 bits per heavy atom. The summed E-state index contributed by atoms with van der Waals surface area (Å²) < 4.78 is 0. The maximum absolute atomic E-state index is 8.88. The predicted octanol–water partition coefficient (Wildman–Crippen LogP) is -0.152. The van der Waals surface area contributed by atoms with Crippen LogP contribution < -0.4 is 0 Å². The van der Waals surface area contributed by atoms with Crippen molar-refractivity contribution in [3.8, 4) is 0 Å². The van der Waals surface area contributed by atoms with Crippen molar-refractivity contribution in [2.24, 2.45) is 0 Å². The zero-order valence-electron chi connectivity index (χ0n) is 5.62. The smallest absolute Gasteiger partial charge is 0.151 e. The topological polar surface area (TPSA) is 60.7 Å². The molecule has 1 unspecified atom stereocenters. The summed E-state index contributed by atoms with van der Waals surface area (Å²) in [7, 11) is 0. The van der Waals surface area contributed by atoms with E-state index in [1.54, 1.807) is 0 Å². The molecule has 0 aliphatic rings. The molecule has 0 saturated carbocycles. The van der Waals surface area contributed by atoms with Crippen LogP contribution >= 0.6 is 0 Å². The molecule has 9 heavy (non-hydrogen) atoms. The lowest BCUT2D eigenvalue weighted by atomic mass is 10.1. The van der Waals surface area contributed by atoms with Gasteiger partial charge in [0.05, 0.1) is 6.10 Å². The molecule has 0 heterocycles. The zero-order chi connectivity index (χ0) is 7.28. The Balaban J connectivity index is 3.06. The molecule has 0 aromatic heterocycles. The third-order valence-electron chi connectivity index (χ3n) is 1.23. The first-order valence-electron chi connectivity index (χ1n) is 3.21. The number of aliphatic hydroxyl groups excluding tert-OH is 2. The van der Waals surface area contributed by atoms with Crippen molar-refractivity contribution in [1.29, 1.82) is 0 Å². The Bertz CT molecular complexity index is 63.3. The van der Waals surface area contributed by atoms with Crippen LogP contribution in [0.4, 0.5) is 0 Å². The largest absolute Gasteiger partial charge is 0.393 e. The summed E-state index contributed by atoms with van der Waals surface area (Å²) in [6, 6.07) is 0. The number of aliphatic hydroxyl groups is 3. The Morgan fingerprint density at radius 1 is 1.11 bits per heavy atom. The van der Waals surface area contributed by atoms with Gasteiger partial charge in [-0.15, -0.1) is 0 Å². The fourth-order valence-corrected chi connectivity index (χ4v) is 0.546. The molecule has 0 amide bonds. The fourth-order valence-electron chi connectivity index (χ4n) is 0.546. The van der Waals surface area contributed by atoms with E-state index < -0.39 is 6.29 Å². The first kappa shape index (κ1) is 8.88. The lowest BCUT2D eigenvalue weighted by Gasteiger charge is -2.07. The molecule has 3 N–H and O–H groups in total. The van der Waals surface area contributed by atoms with Gasteiger partial charge in [0.15, 0.2) is 6.29 Å². The van der Waals surface area contributed by atoms with Gasteiger partial charge in [-0.2, -0.15) is 0 Å². The molecule has 1 atom stereocenters. The molecule has 0 saturated heterocycles. The van der Waals surface area contributed by atoms with E-state index in [1.165, 1.54) is 0 Å². The van der Waals surface area contributed by atoms with Gasteiger partial charge in [0, 0.05) is 6.42 Å². The van der Waals surface area contributed by atoms with Crippen molar-refractivity contribution >= 4 is 0 Å². The van der Waals surface area contributed by atoms with Gasteiger partial charge in [-0.1, -0.05) is 6.92 Å². The van der Waals surface area contributed by atoms with Crippen LogP contribution in [0.25, 0.3) is 0 Å². The van der Waals surface area contributed by atoms with Crippen LogP contribution in [-0.2, 0) is 0 Å². The van der Waals surface area contributed by atoms with Crippen molar-refractivity contribution in [2.75, 3.05) is 0 Å². The molecule has 0 spiro atoms. The summed E-state index contributed by atoms with van der Waals surface area (Å²) in [4.78, 5) is 0. The van der Waals surface area contributed by atoms with Gasteiger partial charge in [-0.3, -0.25) is 0 Å². The van der Waals surface area contributed by atoms with Gasteiger partial charge in [0.25, 0.3) is 0 Å². The second-order valence-electron chi connectivity index (χ2n) is 2.12. The molecule has 0 aromatic carbocycles. The second kappa shape index (κ2) is 4.73. The molecular formula is C6H14O3. The molecule has 0 aromatic rings. The minimum Gasteiger partial charge on any atom is -0.393 e. The number of hydrogen-bond donors (Lipinski definition) is 3. The van der Waals surface area contributed by atoms with Crippen LogP contribution in [0.3, 0.4) is 0 Å².